The number of hydrogen-bond donors (Lipinski definition) is 1. The van der Waals surface area contributed by atoms with Gasteiger partial charge in [0.05, 0.1) is 5.52 Å². The Labute approximate surface area is 107 Å². The van der Waals surface area contributed by atoms with Gasteiger partial charge >= 0.3 is 0 Å². The number of aromatic nitrogens is 2. The zero-order valence-corrected chi connectivity index (χ0v) is 11.1. The summed E-state index contributed by atoms with van der Waals surface area (Å²) >= 11 is 0. The lowest BCUT2D eigenvalue weighted by Crippen LogP contribution is -2.36. The summed E-state index contributed by atoms with van der Waals surface area (Å²) < 4.78 is 0. The van der Waals surface area contributed by atoms with Gasteiger partial charge in [0, 0.05) is 18.5 Å². The Morgan fingerprint density at radius 3 is 2.67 bits per heavy atom. The summed E-state index contributed by atoms with van der Waals surface area (Å²) in [5.41, 5.74) is 1.42. The summed E-state index contributed by atoms with van der Waals surface area (Å²) in [6.45, 7) is 4.20. The summed E-state index contributed by atoms with van der Waals surface area (Å²) in [4.78, 5) is 14.2. The minimum absolute atomic E-state index is 0.0128. The van der Waals surface area contributed by atoms with Gasteiger partial charge in [-0.05, 0) is 18.9 Å². The normalized spacial score (nSPS) is 11.1. The number of para-hydroxylation sites is 1. The van der Waals surface area contributed by atoms with E-state index in [1.165, 1.54) is 0 Å². The Hall–Kier alpha value is -1.84. The number of benzene rings is 1. The number of nitrogens with zero attached hydrogens (tertiary/aromatic N) is 2. The van der Waals surface area contributed by atoms with Crippen molar-refractivity contribution in [1.82, 2.24) is 15.1 Å². The first-order chi connectivity index (χ1) is 8.69. The number of hydrogen-bond acceptors (Lipinski definition) is 2. The third-order valence-corrected chi connectivity index (χ3v) is 3.48. The molecule has 0 saturated carbocycles. The molecule has 0 unspecified atom stereocenters. The molecule has 96 valence electrons. The van der Waals surface area contributed by atoms with E-state index in [0.717, 1.165) is 23.7 Å². The van der Waals surface area contributed by atoms with Crippen LogP contribution in [0.25, 0.3) is 10.9 Å². The topological polar surface area (TPSA) is 49.0 Å². The van der Waals surface area contributed by atoms with E-state index < -0.39 is 0 Å². The van der Waals surface area contributed by atoms with Crippen molar-refractivity contribution in [2.75, 3.05) is 7.05 Å². The molecule has 1 aromatic carbocycles. The van der Waals surface area contributed by atoms with E-state index in [0.29, 0.717) is 5.69 Å². The van der Waals surface area contributed by atoms with Crippen molar-refractivity contribution in [3.63, 3.8) is 0 Å². The Morgan fingerprint density at radius 2 is 2.00 bits per heavy atom. The maximum absolute atomic E-state index is 12.4. The van der Waals surface area contributed by atoms with E-state index in [2.05, 4.69) is 24.0 Å². The molecule has 0 bridgehead atoms. The number of aromatic amines is 1. The number of carbonyl (C=O) groups is 1. The molecular weight excluding hydrogens is 226 g/mol. The van der Waals surface area contributed by atoms with Gasteiger partial charge in [-0.2, -0.15) is 5.10 Å². The Balaban J connectivity index is 2.33. The highest BCUT2D eigenvalue weighted by atomic mass is 16.2. The van der Waals surface area contributed by atoms with E-state index >= 15 is 0 Å². The van der Waals surface area contributed by atoms with E-state index in [9.17, 15) is 4.79 Å². The standard InChI is InChI=1S/C14H19N3O/c1-4-10(5-2)17(3)14(18)13-11-8-6-7-9-12(11)15-16-13/h6-10H,4-5H2,1-3H3,(H,15,16). The highest BCUT2D eigenvalue weighted by Crippen LogP contribution is 2.18. The molecule has 0 spiro atoms. The van der Waals surface area contributed by atoms with Crippen LogP contribution in [0.5, 0.6) is 0 Å². The van der Waals surface area contributed by atoms with Crippen molar-refractivity contribution in [2.24, 2.45) is 0 Å². The van der Waals surface area contributed by atoms with Gasteiger partial charge in [0.15, 0.2) is 5.69 Å². The lowest BCUT2D eigenvalue weighted by Gasteiger charge is -2.25. The fraction of sp³-hybridized carbons (Fsp3) is 0.429. The second-order valence-electron chi connectivity index (χ2n) is 4.50. The molecule has 0 aliphatic rings. The van der Waals surface area contributed by atoms with Crippen molar-refractivity contribution >= 4 is 16.8 Å². The van der Waals surface area contributed by atoms with E-state index in [1.54, 1.807) is 4.90 Å². The molecular formula is C14H19N3O. The van der Waals surface area contributed by atoms with Crippen LogP contribution in [0.15, 0.2) is 24.3 Å². The van der Waals surface area contributed by atoms with Gasteiger partial charge in [0.2, 0.25) is 0 Å². The summed E-state index contributed by atoms with van der Waals surface area (Å²) in [5.74, 6) is -0.0128. The van der Waals surface area contributed by atoms with Gasteiger partial charge in [-0.25, -0.2) is 0 Å². The molecule has 4 heteroatoms. The minimum Gasteiger partial charge on any atom is -0.337 e. The molecule has 0 aliphatic carbocycles. The lowest BCUT2D eigenvalue weighted by atomic mass is 10.1. The molecule has 0 fully saturated rings. The van der Waals surface area contributed by atoms with E-state index in [1.807, 2.05) is 31.3 Å². The Morgan fingerprint density at radius 1 is 1.33 bits per heavy atom. The van der Waals surface area contributed by atoms with Crippen molar-refractivity contribution in [3.05, 3.63) is 30.0 Å². The van der Waals surface area contributed by atoms with Crippen LogP contribution < -0.4 is 0 Å². The molecule has 4 nitrogen and oxygen atoms in total. The number of rotatable bonds is 4. The number of amides is 1. The summed E-state index contributed by atoms with van der Waals surface area (Å²) in [5, 5.41) is 7.94. The molecule has 0 aliphatic heterocycles. The van der Waals surface area contributed by atoms with Crippen LogP contribution in [0.2, 0.25) is 0 Å². The first-order valence-electron chi connectivity index (χ1n) is 6.39. The molecule has 1 N–H and O–H groups in total. The van der Waals surface area contributed by atoms with Gasteiger partial charge in [0.1, 0.15) is 0 Å². The predicted molar refractivity (Wildman–Crippen MR) is 72.6 cm³/mol. The maximum Gasteiger partial charge on any atom is 0.274 e. The van der Waals surface area contributed by atoms with Crippen LogP contribution in [0.1, 0.15) is 37.2 Å². The molecule has 1 heterocycles. The van der Waals surface area contributed by atoms with Crippen LogP contribution >= 0.6 is 0 Å². The molecule has 1 aromatic heterocycles. The molecule has 2 aromatic rings. The average Bonchev–Trinajstić information content (AvgIpc) is 2.83. The summed E-state index contributed by atoms with van der Waals surface area (Å²) in [7, 11) is 1.85. The van der Waals surface area contributed by atoms with E-state index in [4.69, 9.17) is 0 Å². The monoisotopic (exact) mass is 245 g/mol. The number of carbonyl (C=O) groups excluding carboxylic acids is 1. The number of fused-ring (bicyclic) bond motifs is 1. The van der Waals surface area contributed by atoms with Crippen LogP contribution in [0.4, 0.5) is 0 Å². The molecule has 0 radical (unpaired) electrons. The predicted octanol–water partition coefficient (Wildman–Crippen LogP) is 2.82. The summed E-state index contributed by atoms with van der Waals surface area (Å²) in [6.07, 6.45) is 1.92. The molecule has 18 heavy (non-hydrogen) atoms. The van der Waals surface area contributed by atoms with Crippen LogP contribution in [0.3, 0.4) is 0 Å². The smallest absolute Gasteiger partial charge is 0.274 e. The molecule has 1 amide bonds. The highest BCUT2D eigenvalue weighted by Gasteiger charge is 2.22. The van der Waals surface area contributed by atoms with E-state index in [-0.39, 0.29) is 11.9 Å². The first-order valence-corrected chi connectivity index (χ1v) is 6.39. The van der Waals surface area contributed by atoms with Crippen molar-refractivity contribution in [1.29, 1.82) is 0 Å². The maximum atomic E-state index is 12.4. The fourth-order valence-corrected chi connectivity index (χ4v) is 2.30. The third-order valence-electron chi connectivity index (χ3n) is 3.48. The van der Waals surface area contributed by atoms with Crippen molar-refractivity contribution < 1.29 is 4.79 Å². The van der Waals surface area contributed by atoms with Crippen LogP contribution in [-0.4, -0.2) is 34.1 Å². The Kier molecular flexibility index (Phi) is 3.65. The lowest BCUT2D eigenvalue weighted by molar-refractivity contribution is 0.0719. The largest absolute Gasteiger partial charge is 0.337 e. The number of H-pyrrole nitrogens is 1. The third kappa shape index (κ3) is 2.10. The second kappa shape index (κ2) is 5.21. The summed E-state index contributed by atoms with van der Waals surface area (Å²) in [6, 6.07) is 7.97. The number of nitrogens with one attached hydrogen (secondary N) is 1. The van der Waals surface area contributed by atoms with Crippen LogP contribution in [0, 0.1) is 0 Å². The van der Waals surface area contributed by atoms with Gasteiger partial charge in [-0.15, -0.1) is 0 Å². The SMILES string of the molecule is CCC(CC)N(C)C(=O)c1n[nH]c2ccccc12. The average molecular weight is 245 g/mol. The minimum atomic E-state index is -0.0128. The second-order valence-corrected chi connectivity index (χ2v) is 4.50. The van der Waals surface area contributed by atoms with Crippen LogP contribution in [-0.2, 0) is 0 Å². The fourth-order valence-electron chi connectivity index (χ4n) is 2.30. The zero-order valence-electron chi connectivity index (χ0n) is 11.1. The molecule has 2 rings (SSSR count). The zero-order chi connectivity index (χ0) is 13.1. The Bertz CT molecular complexity index is 543. The first kappa shape index (κ1) is 12.6. The van der Waals surface area contributed by atoms with Gasteiger partial charge < -0.3 is 4.90 Å². The van der Waals surface area contributed by atoms with Crippen molar-refractivity contribution in [2.45, 2.75) is 32.7 Å². The molecule has 0 saturated heterocycles. The van der Waals surface area contributed by atoms with Gasteiger partial charge in [0.25, 0.3) is 5.91 Å². The van der Waals surface area contributed by atoms with Gasteiger partial charge in [-0.3, -0.25) is 9.89 Å². The van der Waals surface area contributed by atoms with Crippen molar-refractivity contribution in [3.8, 4) is 0 Å². The highest BCUT2D eigenvalue weighted by molar-refractivity contribution is 6.04. The quantitative estimate of drug-likeness (QED) is 0.900. The molecule has 0 atom stereocenters. The van der Waals surface area contributed by atoms with Gasteiger partial charge in [-0.1, -0.05) is 32.0 Å².